The molecule has 0 saturated heterocycles. The molecule has 0 heterocycles. The number of halogens is 1. The van der Waals surface area contributed by atoms with Crippen molar-refractivity contribution in [1.82, 2.24) is 5.32 Å². The van der Waals surface area contributed by atoms with Crippen LogP contribution >= 0.6 is 0 Å². The van der Waals surface area contributed by atoms with Crippen LogP contribution in [0.4, 0.5) is 10.1 Å². The maximum Gasteiger partial charge on any atom is 0.255 e. The maximum absolute atomic E-state index is 13.3. The second-order valence-corrected chi connectivity index (χ2v) is 7.01. The number of rotatable bonds is 5. The molecule has 5 nitrogen and oxygen atoms in total. The zero-order chi connectivity index (χ0) is 19.2. The summed E-state index contributed by atoms with van der Waals surface area (Å²) in [6.07, 6.45) is 3.58. The van der Waals surface area contributed by atoms with Crippen LogP contribution in [0.1, 0.15) is 41.6 Å². The van der Waals surface area contributed by atoms with Crippen molar-refractivity contribution in [3.63, 3.8) is 0 Å². The highest BCUT2D eigenvalue weighted by molar-refractivity contribution is 6.04. The Kier molecular flexibility index (Phi) is 6.19. The fraction of sp³-hybridized carbons (Fsp3) is 0.333. The van der Waals surface area contributed by atoms with Gasteiger partial charge in [-0.2, -0.15) is 0 Å². The summed E-state index contributed by atoms with van der Waals surface area (Å²) in [5.74, 6) is -0.836. The third kappa shape index (κ3) is 5.37. The molecule has 1 saturated carbocycles. The molecule has 0 spiro atoms. The molecule has 27 heavy (non-hydrogen) atoms. The Morgan fingerprint density at radius 2 is 1.93 bits per heavy atom. The van der Waals surface area contributed by atoms with Crippen LogP contribution in [0.25, 0.3) is 0 Å². The number of amides is 2. The summed E-state index contributed by atoms with van der Waals surface area (Å²) in [5, 5.41) is 5.70. The summed E-state index contributed by atoms with van der Waals surface area (Å²) in [7, 11) is 0. The number of benzene rings is 2. The van der Waals surface area contributed by atoms with Gasteiger partial charge in [0, 0.05) is 29.8 Å². The second kappa shape index (κ2) is 8.77. The number of nitrogens with one attached hydrogen (secondary N) is 2. The van der Waals surface area contributed by atoms with Crippen LogP contribution in [0.5, 0.6) is 0 Å². The summed E-state index contributed by atoms with van der Waals surface area (Å²) in [5.41, 5.74) is 7.67. The minimum absolute atomic E-state index is 0.0235. The molecule has 2 unspecified atom stereocenters. The third-order valence-electron chi connectivity index (χ3n) is 4.82. The van der Waals surface area contributed by atoms with Crippen LogP contribution in [0, 0.1) is 11.7 Å². The highest BCUT2D eigenvalue weighted by atomic mass is 19.1. The van der Waals surface area contributed by atoms with Gasteiger partial charge in [0.2, 0.25) is 5.91 Å². The average molecular weight is 369 g/mol. The maximum atomic E-state index is 13.3. The molecule has 2 aromatic carbocycles. The molecular formula is C21H24FN3O2. The molecule has 1 fully saturated rings. The van der Waals surface area contributed by atoms with Gasteiger partial charge in [-0.1, -0.05) is 24.6 Å². The normalized spacial score (nSPS) is 19.3. The van der Waals surface area contributed by atoms with Gasteiger partial charge in [-0.15, -0.1) is 0 Å². The molecule has 2 atom stereocenters. The fourth-order valence-electron chi connectivity index (χ4n) is 3.39. The van der Waals surface area contributed by atoms with E-state index in [4.69, 9.17) is 5.73 Å². The standard InChI is InChI=1S/C21H24FN3O2/c22-17-7-2-5-15(11-17)21(27)25-19-9-1-4-14(10-19)13-24-20(26)16-6-3-8-18(23)12-16/h1-2,4-5,7,9-11,16,18H,3,6,8,12-13,23H2,(H,24,26)(H,25,27). The van der Waals surface area contributed by atoms with Crippen LogP contribution < -0.4 is 16.4 Å². The quantitative estimate of drug-likeness (QED) is 0.757. The number of hydrogen-bond acceptors (Lipinski definition) is 3. The molecule has 142 valence electrons. The van der Waals surface area contributed by atoms with E-state index in [1.165, 1.54) is 18.2 Å². The van der Waals surface area contributed by atoms with E-state index in [1.54, 1.807) is 24.3 Å². The topological polar surface area (TPSA) is 84.2 Å². The first-order valence-corrected chi connectivity index (χ1v) is 9.20. The second-order valence-electron chi connectivity index (χ2n) is 7.01. The molecule has 0 bridgehead atoms. The summed E-state index contributed by atoms with van der Waals surface area (Å²) < 4.78 is 13.3. The highest BCUT2D eigenvalue weighted by Crippen LogP contribution is 2.23. The molecule has 3 rings (SSSR count). The van der Waals surface area contributed by atoms with Gasteiger partial charge in [-0.05, 0) is 55.2 Å². The molecule has 0 radical (unpaired) electrons. The Hall–Kier alpha value is -2.73. The fourth-order valence-corrected chi connectivity index (χ4v) is 3.39. The predicted octanol–water partition coefficient (Wildman–Crippen LogP) is 3.21. The average Bonchev–Trinajstić information content (AvgIpc) is 2.66. The summed E-state index contributed by atoms with van der Waals surface area (Å²) in [6.45, 7) is 0.383. The van der Waals surface area contributed by atoms with E-state index in [0.29, 0.717) is 12.2 Å². The first kappa shape index (κ1) is 19.0. The lowest BCUT2D eigenvalue weighted by Gasteiger charge is -2.25. The van der Waals surface area contributed by atoms with Crippen LogP contribution in [-0.4, -0.2) is 17.9 Å². The zero-order valence-corrected chi connectivity index (χ0v) is 15.1. The van der Waals surface area contributed by atoms with Gasteiger partial charge < -0.3 is 16.4 Å². The van der Waals surface area contributed by atoms with Crippen molar-refractivity contribution in [2.24, 2.45) is 11.7 Å². The largest absolute Gasteiger partial charge is 0.352 e. The molecule has 0 aliphatic heterocycles. The monoisotopic (exact) mass is 369 g/mol. The van der Waals surface area contributed by atoms with Crippen LogP contribution in [0.3, 0.4) is 0 Å². The van der Waals surface area contributed by atoms with E-state index in [2.05, 4.69) is 10.6 Å². The Labute approximate surface area is 158 Å². The number of nitrogens with two attached hydrogens (primary N) is 1. The SMILES string of the molecule is NC1CCCC(C(=O)NCc2cccc(NC(=O)c3cccc(F)c3)c2)C1. The van der Waals surface area contributed by atoms with E-state index >= 15 is 0 Å². The predicted molar refractivity (Wildman–Crippen MR) is 103 cm³/mol. The van der Waals surface area contributed by atoms with Crippen molar-refractivity contribution in [1.29, 1.82) is 0 Å². The number of hydrogen-bond donors (Lipinski definition) is 3. The van der Waals surface area contributed by atoms with E-state index in [9.17, 15) is 14.0 Å². The number of anilines is 1. The Morgan fingerprint density at radius 3 is 2.70 bits per heavy atom. The van der Waals surface area contributed by atoms with Gasteiger partial charge in [-0.3, -0.25) is 9.59 Å². The van der Waals surface area contributed by atoms with Crippen LogP contribution in [0.2, 0.25) is 0 Å². The van der Waals surface area contributed by atoms with Gasteiger partial charge in [0.1, 0.15) is 5.82 Å². The lowest BCUT2D eigenvalue weighted by molar-refractivity contribution is -0.126. The zero-order valence-electron chi connectivity index (χ0n) is 15.1. The molecule has 2 aromatic rings. The van der Waals surface area contributed by atoms with E-state index in [-0.39, 0.29) is 29.3 Å². The first-order valence-electron chi connectivity index (χ1n) is 9.20. The lowest BCUT2D eigenvalue weighted by atomic mass is 9.85. The van der Waals surface area contributed by atoms with Gasteiger partial charge >= 0.3 is 0 Å². The lowest BCUT2D eigenvalue weighted by Crippen LogP contribution is -2.37. The van der Waals surface area contributed by atoms with Gasteiger partial charge in [0.25, 0.3) is 5.91 Å². The molecule has 0 aromatic heterocycles. The molecule has 4 N–H and O–H groups in total. The first-order chi connectivity index (χ1) is 13.0. The smallest absolute Gasteiger partial charge is 0.255 e. The van der Waals surface area contributed by atoms with Crippen LogP contribution in [0.15, 0.2) is 48.5 Å². The molecule has 6 heteroatoms. The summed E-state index contributed by atoms with van der Waals surface area (Å²) in [6, 6.07) is 12.9. The number of carbonyl (C=O) groups is 2. The molecular weight excluding hydrogens is 345 g/mol. The van der Waals surface area contributed by atoms with Gasteiger partial charge in [0.15, 0.2) is 0 Å². The van der Waals surface area contributed by atoms with Crippen molar-refractivity contribution >= 4 is 17.5 Å². The van der Waals surface area contributed by atoms with E-state index in [1.807, 2.05) is 6.07 Å². The minimum atomic E-state index is -0.457. The van der Waals surface area contributed by atoms with Gasteiger partial charge in [0.05, 0.1) is 0 Å². The van der Waals surface area contributed by atoms with Crippen molar-refractivity contribution in [3.8, 4) is 0 Å². The number of carbonyl (C=O) groups excluding carboxylic acids is 2. The Balaban J connectivity index is 1.57. The molecule has 2 amide bonds. The van der Waals surface area contributed by atoms with Crippen molar-refractivity contribution < 1.29 is 14.0 Å². The molecule has 1 aliphatic rings. The Morgan fingerprint density at radius 1 is 1.11 bits per heavy atom. The van der Waals surface area contributed by atoms with Crippen molar-refractivity contribution in [3.05, 3.63) is 65.5 Å². The van der Waals surface area contributed by atoms with Crippen molar-refractivity contribution in [2.75, 3.05) is 5.32 Å². The minimum Gasteiger partial charge on any atom is -0.352 e. The van der Waals surface area contributed by atoms with Crippen LogP contribution in [-0.2, 0) is 11.3 Å². The van der Waals surface area contributed by atoms with Crippen molar-refractivity contribution in [2.45, 2.75) is 38.3 Å². The van der Waals surface area contributed by atoms with Gasteiger partial charge in [-0.25, -0.2) is 4.39 Å². The summed E-state index contributed by atoms with van der Waals surface area (Å²) >= 11 is 0. The van der Waals surface area contributed by atoms with E-state index in [0.717, 1.165) is 31.2 Å². The third-order valence-corrected chi connectivity index (χ3v) is 4.82. The Bertz CT molecular complexity index is 825. The summed E-state index contributed by atoms with van der Waals surface area (Å²) in [4.78, 5) is 24.5. The highest BCUT2D eigenvalue weighted by Gasteiger charge is 2.24. The molecule has 1 aliphatic carbocycles. The van der Waals surface area contributed by atoms with E-state index < -0.39 is 5.82 Å².